The molecule has 0 aromatic rings. The zero-order valence-electron chi connectivity index (χ0n) is 4.83. The Balaban J connectivity index is 2.45. The summed E-state index contributed by atoms with van der Waals surface area (Å²) < 4.78 is 0. The van der Waals surface area contributed by atoms with Gasteiger partial charge < -0.3 is 5.32 Å². The fourth-order valence-electron chi connectivity index (χ4n) is 0.390. The van der Waals surface area contributed by atoms with Gasteiger partial charge in [0.1, 0.15) is 0 Å². The van der Waals surface area contributed by atoms with E-state index in [1.165, 1.54) is 6.42 Å². The highest BCUT2D eigenvalue weighted by atomic mass is 28.1. The van der Waals surface area contributed by atoms with Gasteiger partial charge in [-0.05, 0) is 19.5 Å². The molecule has 0 saturated heterocycles. The number of rotatable bonds is 4. The smallest absolute Gasteiger partial charge is 0.0238 e. The largest absolute Gasteiger partial charge is 0.317 e. The van der Waals surface area contributed by atoms with Gasteiger partial charge in [0.25, 0.3) is 0 Å². The first-order valence-corrected chi connectivity index (χ1v) is 3.47. The number of hydrogen-bond acceptors (Lipinski definition) is 1. The van der Waals surface area contributed by atoms with E-state index in [1.54, 1.807) is 0 Å². The summed E-state index contributed by atoms with van der Waals surface area (Å²) in [5.74, 6) is 0. The van der Waals surface area contributed by atoms with E-state index in [2.05, 4.69) is 22.5 Å². The fourth-order valence-corrected chi connectivity index (χ4v) is 0.567. The van der Waals surface area contributed by atoms with E-state index < -0.39 is 0 Å². The number of hydrogen-bond donors (Lipinski definition) is 1. The van der Waals surface area contributed by atoms with Gasteiger partial charge in [-0.2, -0.15) is 0 Å². The Kier molecular flexibility index (Phi) is 6.33. The Bertz CT molecular complexity index is 27.3. The van der Waals surface area contributed by atoms with Crippen LogP contribution in [0.4, 0.5) is 0 Å². The Morgan fingerprint density at radius 1 is 1.43 bits per heavy atom. The Hall–Kier alpha value is 0.177. The molecule has 41 valence electrons. The van der Waals surface area contributed by atoms with Crippen molar-refractivity contribution in [1.82, 2.24) is 5.32 Å². The van der Waals surface area contributed by atoms with Crippen molar-refractivity contribution in [2.24, 2.45) is 0 Å². The van der Waals surface area contributed by atoms with Gasteiger partial charge >= 0.3 is 0 Å². The highest BCUT2D eigenvalue weighted by Gasteiger charge is 1.76. The van der Waals surface area contributed by atoms with Gasteiger partial charge in [0.15, 0.2) is 0 Å². The van der Waals surface area contributed by atoms with Gasteiger partial charge in [-0.1, -0.05) is 13.0 Å². The predicted molar refractivity (Wildman–Crippen MR) is 33.7 cm³/mol. The molecule has 0 amide bonds. The first kappa shape index (κ1) is 7.18. The maximum atomic E-state index is 3.36. The van der Waals surface area contributed by atoms with Crippen LogP contribution in [0.15, 0.2) is 0 Å². The maximum absolute atomic E-state index is 3.36. The summed E-state index contributed by atoms with van der Waals surface area (Å²) in [5.41, 5.74) is 0. The van der Waals surface area contributed by atoms with Crippen LogP contribution in [0.1, 0.15) is 13.3 Å². The van der Waals surface area contributed by atoms with E-state index in [0.29, 0.717) is 0 Å². The molecule has 7 heavy (non-hydrogen) atoms. The summed E-state index contributed by atoms with van der Waals surface area (Å²) in [6.45, 7) is 4.40. The topological polar surface area (TPSA) is 12.0 Å². The molecule has 0 aliphatic heterocycles. The predicted octanol–water partition coefficient (Wildman–Crippen LogP) is 0.573. The van der Waals surface area contributed by atoms with Crippen LogP contribution in [-0.4, -0.2) is 23.3 Å². The quantitative estimate of drug-likeness (QED) is 0.416. The standard InChI is InChI=1S/C5H12NSi/c1-2-3-6-4-5-7/h6H,2-5H2,1H3. The lowest BCUT2D eigenvalue weighted by atomic mass is 10.5. The lowest BCUT2D eigenvalue weighted by molar-refractivity contribution is 0.703. The van der Waals surface area contributed by atoms with Crippen molar-refractivity contribution in [2.45, 2.75) is 19.4 Å². The molecule has 1 nitrogen and oxygen atoms in total. The molecule has 0 saturated carbocycles. The molecule has 0 rings (SSSR count). The van der Waals surface area contributed by atoms with Crippen molar-refractivity contribution in [3.8, 4) is 0 Å². The van der Waals surface area contributed by atoms with Crippen LogP contribution in [0.3, 0.4) is 0 Å². The minimum Gasteiger partial charge on any atom is -0.317 e. The molecule has 0 aliphatic carbocycles. The van der Waals surface area contributed by atoms with E-state index in [-0.39, 0.29) is 0 Å². The molecule has 0 spiro atoms. The van der Waals surface area contributed by atoms with Crippen molar-refractivity contribution < 1.29 is 0 Å². The van der Waals surface area contributed by atoms with Crippen LogP contribution in [0.25, 0.3) is 0 Å². The highest BCUT2D eigenvalue weighted by Crippen LogP contribution is 1.69. The zero-order valence-corrected chi connectivity index (χ0v) is 5.83. The Labute approximate surface area is 48.9 Å². The molecule has 0 aliphatic rings. The van der Waals surface area contributed by atoms with E-state index in [1.807, 2.05) is 0 Å². The van der Waals surface area contributed by atoms with Crippen LogP contribution in [0.5, 0.6) is 0 Å². The third-order valence-electron chi connectivity index (χ3n) is 0.729. The lowest BCUT2D eigenvalue weighted by Crippen LogP contribution is -2.14. The minimum absolute atomic E-state index is 1.06. The van der Waals surface area contributed by atoms with Gasteiger partial charge in [0.2, 0.25) is 0 Å². The maximum Gasteiger partial charge on any atom is 0.0238 e. The third kappa shape index (κ3) is 6.18. The van der Waals surface area contributed by atoms with Crippen LogP contribution in [0, 0.1) is 0 Å². The summed E-state index contributed by atoms with van der Waals surface area (Å²) in [5, 5.41) is 3.24. The molecule has 0 fully saturated rings. The summed E-state index contributed by atoms with van der Waals surface area (Å²) >= 11 is 0. The molecule has 3 radical (unpaired) electrons. The molecule has 0 aromatic heterocycles. The highest BCUT2D eigenvalue weighted by molar-refractivity contribution is 6.08. The monoisotopic (exact) mass is 114 g/mol. The summed E-state index contributed by atoms with van der Waals surface area (Å²) in [4.78, 5) is 0. The second kappa shape index (κ2) is 6.18. The Morgan fingerprint density at radius 2 is 2.14 bits per heavy atom. The molecular formula is C5H12NSi. The molecule has 0 heterocycles. The summed E-state index contributed by atoms with van der Waals surface area (Å²) in [7, 11) is 3.36. The molecular weight excluding hydrogens is 102 g/mol. The van der Waals surface area contributed by atoms with Crippen molar-refractivity contribution in [3.63, 3.8) is 0 Å². The van der Waals surface area contributed by atoms with E-state index >= 15 is 0 Å². The van der Waals surface area contributed by atoms with Gasteiger partial charge in [0, 0.05) is 10.2 Å². The number of nitrogens with one attached hydrogen (secondary N) is 1. The van der Waals surface area contributed by atoms with Gasteiger partial charge in [-0.25, -0.2) is 0 Å². The SMILES string of the molecule is CCCNCC[Si]. The molecule has 0 unspecified atom stereocenters. The molecule has 0 bridgehead atoms. The second-order valence-corrected chi connectivity index (χ2v) is 2.00. The van der Waals surface area contributed by atoms with Crippen LogP contribution >= 0.6 is 0 Å². The first-order valence-electron chi connectivity index (χ1n) is 2.77. The summed E-state index contributed by atoms with van der Waals surface area (Å²) in [6.07, 6.45) is 1.23. The van der Waals surface area contributed by atoms with Crippen LogP contribution < -0.4 is 5.32 Å². The molecule has 0 atom stereocenters. The first-order chi connectivity index (χ1) is 3.41. The van der Waals surface area contributed by atoms with Crippen molar-refractivity contribution in [3.05, 3.63) is 0 Å². The van der Waals surface area contributed by atoms with Gasteiger partial charge in [-0.3, -0.25) is 0 Å². The molecule has 1 N–H and O–H groups in total. The molecule has 2 heteroatoms. The normalized spacial score (nSPS) is 9.43. The van der Waals surface area contributed by atoms with Crippen molar-refractivity contribution in [2.75, 3.05) is 13.1 Å². The fraction of sp³-hybridized carbons (Fsp3) is 1.00. The van der Waals surface area contributed by atoms with Crippen molar-refractivity contribution >= 4 is 10.2 Å². The van der Waals surface area contributed by atoms with E-state index in [9.17, 15) is 0 Å². The van der Waals surface area contributed by atoms with Gasteiger partial charge in [0.05, 0.1) is 0 Å². The van der Waals surface area contributed by atoms with Crippen molar-refractivity contribution in [1.29, 1.82) is 0 Å². The third-order valence-corrected chi connectivity index (χ3v) is 0.979. The Morgan fingerprint density at radius 3 is 2.57 bits per heavy atom. The average Bonchev–Trinajstić information content (AvgIpc) is 1.69. The summed E-state index contributed by atoms with van der Waals surface area (Å²) in [6, 6.07) is 1.06. The second-order valence-electron chi connectivity index (χ2n) is 1.50. The van der Waals surface area contributed by atoms with Crippen LogP contribution in [-0.2, 0) is 0 Å². The van der Waals surface area contributed by atoms with E-state index in [0.717, 1.165) is 19.1 Å². The van der Waals surface area contributed by atoms with Gasteiger partial charge in [-0.15, -0.1) is 0 Å². The average molecular weight is 114 g/mol. The molecule has 0 aromatic carbocycles. The van der Waals surface area contributed by atoms with Crippen LogP contribution in [0.2, 0.25) is 6.04 Å². The zero-order chi connectivity index (χ0) is 5.54. The van der Waals surface area contributed by atoms with E-state index in [4.69, 9.17) is 0 Å². The minimum atomic E-state index is 1.06. The lowest BCUT2D eigenvalue weighted by Gasteiger charge is -1.95.